The summed E-state index contributed by atoms with van der Waals surface area (Å²) in [6.07, 6.45) is 2.42. The Hall–Kier alpha value is -0.730. The molecule has 1 N–H and O–H groups in total. The number of rotatable bonds is 7. The van der Waals surface area contributed by atoms with Crippen LogP contribution in [0.4, 0.5) is 5.69 Å². The molecule has 0 saturated heterocycles. The molecule has 1 aromatic carbocycles. The van der Waals surface area contributed by atoms with Crippen molar-refractivity contribution in [3.8, 4) is 0 Å². The summed E-state index contributed by atoms with van der Waals surface area (Å²) in [7, 11) is 2.14. The van der Waals surface area contributed by atoms with E-state index in [1.165, 1.54) is 24.1 Å². The van der Waals surface area contributed by atoms with E-state index in [4.69, 9.17) is 11.6 Å². The van der Waals surface area contributed by atoms with Crippen molar-refractivity contribution in [2.75, 3.05) is 18.5 Å². The Labute approximate surface area is 116 Å². The van der Waals surface area contributed by atoms with Crippen molar-refractivity contribution in [3.05, 3.63) is 28.8 Å². The molecule has 18 heavy (non-hydrogen) atoms. The third-order valence-corrected chi connectivity index (χ3v) is 3.39. The lowest BCUT2D eigenvalue weighted by molar-refractivity contribution is 0.588. The standard InChI is InChI=1S/C15H25ClN2/c1-5-6-10-18(4)15-9-7-8-14(16)13(15)11-17-12(2)3/h7-9,12,17H,5-6,10-11H2,1-4H3. The quantitative estimate of drug-likeness (QED) is 0.802. The number of unbranched alkanes of at least 4 members (excludes halogenated alkanes) is 1. The third kappa shape index (κ3) is 4.51. The Morgan fingerprint density at radius 2 is 2.06 bits per heavy atom. The average molecular weight is 269 g/mol. The van der Waals surface area contributed by atoms with Crippen molar-refractivity contribution >= 4 is 17.3 Å². The predicted octanol–water partition coefficient (Wildman–Crippen LogP) is 4.07. The topological polar surface area (TPSA) is 15.3 Å². The number of hydrogen-bond acceptors (Lipinski definition) is 2. The maximum Gasteiger partial charge on any atom is 0.0471 e. The first-order valence-electron chi connectivity index (χ1n) is 6.78. The van der Waals surface area contributed by atoms with Crippen LogP contribution in [0.1, 0.15) is 39.2 Å². The highest BCUT2D eigenvalue weighted by atomic mass is 35.5. The number of nitrogens with zero attached hydrogens (tertiary/aromatic N) is 1. The minimum Gasteiger partial charge on any atom is -0.374 e. The van der Waals surface area contributed by atoms with Crippen LogP contribution in [0.25, 0.3) is 0 Å². The van der Waals surface area contributed by atoms with Gasteiger partial charge in [0, 0.05) is 42.5 Å². The van der Waals surface area contributed by atoms with Gasteiger partial charge < -0.3 is 10.2 Å². The van der Waals surface area contributed by atoms with Gasteiger partial charge in [-0.2, -0.15) is 0 Å². The van der Waals surface area contributed by atoms with Crippen molar-refractivity contribution in [3.63, 3.8) is 0 Å². The second-order valence-electron chi connectivity index (χ2n) is 5.05. The molecule has 0 amide bonds. The molecule has 0 spiro atoms. The summed E-state index contributed by atoms with van der Waals surface area (Å²) in [5.41, 5.74) is 2.44. The van der Waals surface area contributed by atoms with Gasteiger partial charge in [0.2, 0.25) is 0 Å². The molecule has 2 nitrogen and oxygen atoms in total. The zero-order valence-corrected chi connectivity index (χ0v) is 12.7. The Balaban J connectivity index is 2.85. The fourth-order valence-electron chi connectivity index (χ4n) is 1.90. The van der Waals surface area contributed by atoms with Gasteiger partial charge in [-0.1, -0.05) is 44.9 Å². The molecular weight excluding hydrogens is 244 g/mol. The van der Waals surface area contributed by atoms with Gasteiger partial charge in [-0.25, -0.2) is 0 Å². The highest BCUT2D eigenvalue weighted by Crippen LogP contribution is 2.27. The van der Waals surface area contributed by atoms with Gasteiger partial charge >= 0.3 is 0 Å². The van der Waals surface area contributed by atoms with Gasteiger partial charge in [-0.3, -0.25) is 0 Å². The first-order valence-corrected chi connectivity index (χ1v) is 7.16. The summed E-state index contributed by atoms with van der Waals surface area (Å²) in [5.74, 6) is 0. The van der Waals surface area contributed by atoms with Crippen LogP contribution in [0.3, 0.4) is 0 Å². The van der Waals surface area contributed by atoms with Crippen molar-refractivity contribution in [1.29, 1.82) is 0 Å². The first kappa shape index (κ1) is 15.3. The zero-order valence-electron chi connectivity index (χ0n) is 12.0. The number of hydrogen-bond donors (Lipinski definition) is 1. The zero-order chi connectivity index (χ0) is 13.5. The van der Waals surface area contributed by atoms with E-state index >= 15 is 0 Å². The van der Waals surface area contributed by atoms with Crippen LogP contribution < -0.4 is 10.2 Å². The molecular formula is C15H25ClN2. The summed E-state index contributed by atoms with van der Waals surface area (Å²) in [5, 5.41) is 4.29. The summed E-state index contributed by atoms with van der Waals surface area (Å²) >= 11 is 6.32. The molecule has 0 saturated carbocycles. The first-order chi connectivity index (χ1) is 8.56. The summed E-state index contributed by atoms with van der Waals surface area (Å²) < 4.78 is 0. The molecule has 0 atom stereocenters. The van der Waals surface area contributed by atoms with E-state index in [9.17, 15) is 0 Å². The third-order valence-electron chi connectivity index (χ3n) is 3.04. The SMILES string of the molecule is CCCCN(C)c1cccc(Cl)c1CNC(C)C. The van der Waals surface area contributed by atoms with Crippen molar-refractivity contribution < 1.29 is 0 Å². The van der Waals surface area contributed by atoms with Crippen molar-refractivity contribution in [2.24, 2.45) is 0 Å². The van der Waals surface area contributed by atoms with Crippen LogP contribution in [-0.4, -0.2) is 19.6 Å². The maximum atomic E-state index is 6.32. The number of halogens is 1. The summed E-state index contributed by atoms with van der Waals surface area (Å²) in [4.78, 5) is 2.30. The molecule has 0 fully saturated rings. The predicted molar refractivity (Wildman–Crippen MR) is 81.6 cm³/mol. The molecule has 102 valence electrons. The van der Waals surface area contributed by atoms with E-state index in [0.717, 1.165) is 18.1 Å². The lowest BCUT2D eigenvalue weighted by atomic mass is 10.1. The van der Waals surface area contributed by atoms with Crippen LogP contribution >= 0.6 is 11.6 Å². The smallest absolute Gasteiger partial charge is 0.0471 e. The van der Waals surface area contributed by atoms with Crippen LogP contribution in [0.5, 0.6) is 0 Å². The van der Waals surface area contributed by atoms with Crippen molar-refractivity contribution in [2.45, 2.75) is 46.2 Å². The largest absolute Gasteiger partial charge is 0.374 e. The van der Waals surface area contributed by atoms with Crippen LogP contribution in [0, 0.1) is 0 Å². The minimum atomic E-state index is 0.468. The normalized spacial score (nSPS) is 11.0. The molecule has 3 heteroatoms. The number of benzene rings is 1. The fourth-order valence-corrected chi connectivity index (χ4v) is 2.14. The van der Waals surface area contributed by atoms with E-state index in [2.05, 4.69) is 44.1 Å². The second kappa shape index (κ2) is 7.65. The Morgan fingerprint density at radius 3 is 2.67 bits per heavy atom. The Morgan fingerprint density at radius 1 is 1.33 bits per heavy atom. The van der Waals surface area contributed by atoms with Crippen LogP contribution in [0.15, 0.2) is 18.2 Å². The van der Waals surface area contributed by atoms with Gasteiger partial charge in [0.1, 0.15) is 0 Å². The Kier molecular flexibility index (Phi) is 6.51. The molecule has 0 heterocycles. The molecule has 0 aliphatic carbocycles. The molecule has 1 aromatic rings. The molecule has 0 unspecified atom stereocenters. The molecule has 0 bridgehead atoms. The van der Waals surface area contributed by atoms with Crippen molar-refractivity contribution in [1.82, 2.24) is 5.32 Å². The molecule has 0 aliphatic rings. The molecule has 0 radical (unpaired) electrons. The van der Waals surface area contributed by atoms with Crippen LogP contribution in [-0.2, 0) is 6.54 Å². The summed E-state index contributed by atoms with van der Waals surface area (Å²) in [6, 6.07) is 6.61. The maximum absolute atomic E-state index is 6.32. The molecule has 1 rings (SSSR count). The lowest BCUT2D eigenvalue weighted by Crippen LogP contribution is -2.25. The highest BCUT2D eigenvalue weighted by Gasteiger charge is 2.10. The van der Waals surface area contributed by atoms with E-state index in [1.807, 2.05) is 12.1 Å². The van der Waals surface area contributed by atoms with Gasteiger partial charge in [0.25, 0.3) is 0 Å². The van der Waals surface area contributed by atoms with Gasteiger partial charge in [-0.15, -0.1) is 0 Å². The lowest BCUT2D eigenvalue weighted by Gasteiger charge is -2.23. The number of nitrogens with one attached hydrogen (secondary N) is 1. The monoisotopic (exact) mass is 268 g/mol. The average Bonchev–Trinajstić information content (AvgIpc) is 2.34. The minimum absolute atomic E-state index is 0.468. The van der Waals surface area contributed by atoms with E-state index < -0.39 is 0 Å². The van der Waals surface area contributed by atoms with E-state index in [1.54, 1.807) is 0 Å². The highest BCUT2D eigenvalue weighted by molar-refractivity contribution is 6.31. The van der Waals surface area contributed by atoms with Gasteiger partial charge in [-0.05, 0) is 18.6 Å². The second-order valence-corrected chi connectivity index (χ2v) is 5.46. The summed E-state index contributed by atoms with van der Waals surface area (Å²) in [6.45, 7) is 8.41. The molecule has 0 aromatic heterocycles. The molecule has 0 aliphatic heterocycles. The Bertz CT molecular complexity index is 364. The fraction of sp³-hybridized carbons (Fsp3) is 0.600. The number of anilines is 1. The van der Waals surface area contributed by atoms with Crippen LogP contribution in [0.2, 0.25) is 5.02 Å². The van der Waals surface area contributed by atoms with Gasteiger partial charge in [0.05, 0.1) is 0 Å². The van der Waals surface area contributed by atoms with E-state index in [0.29, 0.717) is 6.04 Å². The van der Waals surface area contributed by atoms with Gasteiger partial charge in [0.15, 0.2) is 0 Å². The van der Waals surface area contributed by atoms with E-state index in [-0.39, 0.29) is 0 Å².